The number of hydrogen-bond donors (Lipinski definition) is 1. The predicted octanol–water partition coefficient (Wildman–Crippen LogP) is 4.79. The summed E-state index contributed by atoms with van der Waals surface area (Å²) in [6, 6.07) is 16.1. The number of nitrogens with one attached hydrogen (secondary N) is 1. The average molecular weight is 409 g/mol. The van der Waals surface area contributed by atoms with Gasteiger partial charge in [-0.1, -0.05) is 24.3 Å². The first-order valence-electron chi connectivity index (χ1n) is 8.38. The van der Waals surface area contributed by atoms with Gasteiger partial charge in [0.15, 0.2) is 6.10 Å². The number of ether oxygens (including phenoxy) is 1. The van der Waals surface area contributed by atoms with E-state index in [0.29, 0.717) is 16.8 Å². The van der Waals surface area contributed by atoms with E-state index in [1.807, 2.05) is 41.1 Å². The summed E-state index contributed by atoms with van der Waals surface area (Å²) >= 11 is 2.93. The summed E-state index contributed by atoms with van der Waals surface area (Å²) in [5.41, 5.74) is 1.12. The first kappa shape index (κ1) is 19.5. The van der Waals surface area contributed by atoms with Crippen LogP contribution in [0.3, 0.4) is 0 Å². The Morgan fingerprint density at radius 1 is 1.11 bits per heavy atom. The van der Waals surface area contributed by atoms with E-state index in [1.165, 1.54) is 29.6 Å². The Morgan fingerprint density at radius 3 is 2.54 bits per heavy atom. The topological polar surface area (TPSA) is 79.2 Å². The second kappa shape index (κ2) is 9.13. The van der Waals surface area contributed by atoms with Crippen molar-refractivity contribution in [3.8, 4) is 6.07 Å². The number of carbonyl (C=O) groups is 2. The van der Waals surface area contributed by atoms with Crippen LogP contribution in [0.2, 0.25) is 0 Å². The van der Waals surface area contributed by atoms with Crippen molar-refractivity contribution in [3.05, 3.63) is 74.6 Å². The number of esters is 1. The second-order valence-corrected chi connectivity index (χ2v) is 7.67. The Morgan fingerprint density at radius 2 is 1.86 bits per heavy atom. The molecule has 2 aromatic heterocycles. The van der Waals surface area contributed by atoms with E-state index < -0.39 is 18.0 Å². The van der Waals surface area contributed by atoms with E-state index in [9.17, 15) is 9.59 Å². The van der Waals surface area contributed by atoms with Gasteiger partial charge in [-0.25, -0.2) is 4.79 Å². The van der Waals surface area contributed by atoms with Crippen molar-refractivity contribution in [1.82, 2.24) is 0 Å². The molecule has 0 aliphatic heterocycles. The van der Waals surface area contributed by atoms with Crippen LogP contribution in [0.1, 0.15) is 22.2 Å². The number of amides is 1. The number of nitrogens with zero attached hydrogens (tertiary/aromatic N) is 1. The molecule has 3 rings (SSSR count). The highest BCUT2D eigenvalue weighted by atomic mass is 32.1. The van der Waals surface area contributed by atoms with Gasteiger partial charge in [0.2, 0.25) is 0 Å². The molecule has 1 aromatic carbocycles. The Hall–Kier alpha value is -3.21. The van der Waals surface area contributed by atoms with Gasteiger partial charge in [0, 0.05) is 9.75 Å². The Balaban J connectivity index is 1.74. The molecule has 3 aromatic rings. The summed E-state index contributed by atoms with van der Waals surface area (Å²) in [6.07, 6.45) is 0.736. The number of nitriles is 1. The maximum Gasteiger partial charge on any atom is 0.340 e. The Bertz CT molecular complexity index is 1030. The summed E-state index contributed by atoms with van der Waals surface area (Å²) in [7, 11) is 0. The van der Waals surface area contributed by atoms with Crippen molar-refractivity contribution in [1.29, 1.82) is 5.26 Å². The standard InChI is InChI=1S/C21H16N2O3S2/c1-14(20(24)23-18-8-3-2-6-15(18)13-22)26-21(25)17(19-9-5-11-28-19)12-16-7-4-10-27-16/h2-12,14H,1H3,(H,23,24)/b17-12+/t14-/m0/s1. The molecule has 0 saturated carbocycles. The van der Waals surface area contributed by atoms with Crippen LogP contribution in [0.5, 0.6) is 0 Å². The second-order valence-electron chi connectivity index (χ2n) is 5.74. The van der Waals surface area contributed by atoms with Crippen LogP contribution < -0.4 is 5.32 Å². The summed E-state index contributed by atoms with van der Waals surface area (Å²) in [5.74, 6) is -1.08. The summed E-state index contributed by atoms with van der Waals surface area (Å²) in [5, 5.41) is 15.6. The maximum absolute atomic E-state index is 12.7. The molecule has 1 amide bonds. The zero-order valence-corrected chi connectivity index (χ0v) is 16.5. The van der Waals surface area contributed by atoms with Crippen LogP contribution in [0.15, 0.2) is 59.3 Å². The van der Waals surface area contributed by atoms with Gasteiger partial charge in [-0.2, -0.15) is 5.26 Å². The van der Waals surface area contributed by atoms with Crippen LogP contribution >= 0.6 is 22.7 Å². The number of para-hydroxylation sites is 1. The molecule has 5 nitrogen and oxygen atoms in total. The lowest BCUT2D eigenvalue weighted by molar-refractivity contribution is -0.147. The summed E-state index contributed by atoms with van der Waals surface area (Å²) < 4.78 is 5.40. The molecule has 0 radical (unpaired) electrons. The normalized spacial score (nSPS) is 12.1. The fraction of sp³-hybridized carbons (Fsp3) is 0.0952. The Kier molecular flexibility index (Phi) is 6.37. The molecule has 7 heteroatoms. The van der Waals surface area contributed by atoms with E-state index in [1.54, 1.807) is 30.3 Å². The van der Waals surface area contributed by atoms with Gasteiger partial charge < -0.3 is 10.1 Å². The lowest BCUT2D eigenvalue weighted by Crippen LogP contribution is -2.30. The van der Waals surface area contributed by atoms with Crippen LogP contribution in [0.4, 0.5) is 5.69 Å². The van der Waals surface area contributed by atoms with Crippen molar-refractivity contribution in [2.75, 3.05) is 5.32 Å². The monoisotopic (exact) mass is 408 g/mol. The van der Waals surface area contributed by atoms with Crippen molar-refractivity contribution in [2.45, 2.75) is 13.0 Å². The van der Waals surface area contributed by atoms with Crippen LogP contribution in [0.25, 0.3) is 11.6 Å². The van der Waals surface area contributed by atoms with Crippen molar-refractivity contribution < 1.29 is 14.3 Å². The molecule has 0 unspecified atom stereocenters. The molecule has 0 spiro atoms. The number of anilines is 1. The third-order valence-electron chi connectivity index (χ3n) is 3.79. The largest absolute Gasteiger partial charge is 0.449 e. The van der Waals surface area contributed by atoms with Crippen molar-refractivity contribution in [3.63, 3.8) is 0 Å². The Labute approximate surface area is 170 Å². The average Bonchev–Trinajstić information content (AvgIpc) is 3.40. The molecule has 0 aliphatic rings. The molecule has 0 bridgehead atoms. The predicted molar refractivity (Wildman–Crippen MR) is 112 cm³/mol. The third kappa shape index (κ3) is 4.74. The zero-order chi connectivity index (χ0) is 19.9. The molecule has 28 heavy (non-hydrogen) atoms. The molecule has 0 fully saturated rings. The fourth-order valence-corrected chi connectivity index (χ4v) is 3.77. The van der Waals surface area contributed by atoms with Crippen molar-refractivity contribution in [2.24, 2.45) is 0 Å². The molecular weight excluding hydrogens is 392 g/mol. The summed E-state index contributed by atoms with van der Waals surface area (Å²) in [6.45, 7) is 1.50. The van der Waals surface area contributed by atoms with E-state index in [4.69, 9.17) is 10.00 Å². The van der Waals surface area contributed by atoms with E-state index in [2.05, 4.69) is 5.32 Å². The first-order chi connectivity index (χ1) is 13.6. The maximum atomic E-state index is 12.7. The van der Waals surface area contributed by atoms with Gasteiger partial charge in [0.25, 0.3) is 5.91 Å². The lowest BCUT2D eigenvalue weighted by atomic mass is 10.2. The molecule has 0 saturated heterocycles. The molecular formula is C21H16N2O3S2. The minimum atomic E-state index is -1.02. The third-order valence-corrected chi connectivity index (χ3v) is 5.52. The van der Waals surface area contributed by atoms with Crippen LogP contribution in [-0.4, -0.2) is 18.0 Å². The summed E-state index contributed by atoms with van der Waals surface area (Å²) in [4.78, 5) is 26.9. The number of hydrogen-bond acceptors (Lipinski definition) is 6. The number of benzene rings is 1. The smallest absolute Gasteiger partial charge is 0.340 e. The highest BCUT2D eigenvalue weighted by molar-refractivity contribution is 7.12. The van der Waals surface area contributed by atoms with Crippen LogP contribution in [0, 0.1) is 11.3 Å². The van der Waals surface area contributed by atoms with Gasteiger partial charge in [-0.05, 0) is 48.0 Å². The van der Waals surface area contributed by atoms with Gasteiger partial charge in [-0.3, -0.25) is 4.79 Å². The molecule has 2 heterocycles. The minimum Gasteiger partial charge on any atom is -0.449 e. The van der Waals surface area contributed by atoms with Gasteiger partial charge in [0.1, 0.15) is 6.07 Å². The van der Waals surface area contributed by atoms with Gasteiger partial charge in [0.05, 0.1) is 16.8 Å². The minimum absolute atomic E-state index is 0.339. The van der Waals surface area contributed by atoms with Crippen LogP contribution in [-0.2, 0) is 14.3 Å². The molecule has 140 valence electrons. The zero-order valence-electron chi connectivity index (χ0n) is 14.9. The van der Waals surface area contributed by atoms with Gasteiger partial charge >= 0.3 is 5.97 Å². The van der Waals surface area contributed by atoms with Gasteiger partial charge in [-0.15, -0.1) is 22.7 Å². The van der Waals surface area contributed by atoms with Crippen molar-refractivity contribution >= 4 is 51.9 Å². The SMILES string of the molecule is C[C@H](OC(=O)/C(=C/c1cccs1)c1cccs1)C(=O)Nc1ccccc1C#N. The highest BCUT2D eigenvalue weighted by Crippen LogP contribution is 2.26. The first-order valence-corrected chi connectivity index (χ1v) is 10.1. The number of rotatable bonds is 6. The van der Waals surface area contributed by atoms with E-state index in [0.717, 1.165) is 9.75 Å². The molecule has 1 N–H and O–H groups in total. The number of carbonyl (C=O) groups excluding carboxylic acids is 2. The molecule has 0 aliphatic carbocycles. The quantitative estimate of drug-likeness (QED) is 0.470. The fourth-order valence-electron chi connectivity index (χ4n) is 2.38. The lowest BCUT2D eigenvalue weighted by Gasteiger charge is -2.15. The number of thiophene rings is 2. The van der Waals surface area contributed by atoms with E-state index in [-0.39, 0.29) is 0 Å². The van der Waals surface area contributed by atoms with E-state index >= 15 is 0 Å². The molecule has 1 atom stereocenters. The highest BCUT2D eigenvalue weighted by Gasteiger charge is 2.23.